The summed E-state index contributed by atoms with van der Waals surface area (Å²) in [6, 6.07) is 6.65. The highest BCUT2D eigenvalue weighted by Gasteiger charge is 2.20. The van der Waals surface area contributed by atoms with E-state index in [1.807, 2.05) is 31.2 Å². The number of halogens is 1. The lowest BCUT2D eigenvalue weighted by Crippen LogP contribution is -2.35. The molecule has 14 heavy (non-hydrogen) atoms. The highest BCUT2D eigenvalue weighted by molar-refractivity contribution is 9.10. The van der Waals surface area contributed by atoms with Crippen LogP contribution in [0.5, 0.6) is 0 Å². The SMILES string of the molecule is C[C@H](c1ccc(Br)cc1)[C@H](N)C(=O)O. The molecule has 3 N–H and O–H groups in total. The molecule has 0 saturated heterocycles. The van der Waals surface area contributed by atoms with Gasteiger partial charge in [-0.1, -0.05) is 35.0 Å². The first kappa shape index (κ1) is 11.2. The normalized spacial score (nSPS) is 14.8. The molecule has 0 aliphatic heterocycles. The molecule has 1 aromatic rings. The van der Waals surface area contributed by atoms with Crippen molar-refractivity contribution in [3.8, 4) is 0 Å². The molecule has 0 heterocycles. The van der Waals surface area contributed by atoms with Crippen molar-refractivity contribution in [2.75, 3.05) is 0 Å². The Kier molecular flexibility index (Phi) is 3.66. The van der Waals surface area contributed by atoms with Gasteiger partial charge >= 0.3 is 5.97 Å². The second kappa shape index (κ2) is 4.57. The zero-order chi connectivity index (χ0) is 10.7. The van der Waals surface area contributed by atoms with Gasteiger partial charge in [-0.15, -0.1) is 0 Å². The Balaban J connectivity index is 2.84. The Bertz CT molecular complexity index is 323. The molecule has 76 valence electrons. The molecule has 0 aliphatic rings. The Labute approximate surface area is 91.1 Å². The van der Waals surface area contributed by atoms with Gasteiger partial charge in [-0.3, -0.25) is 4.79 Å². The van der Waals surface area contributed by atoms with Gasteiger partial charge in [0.2, 0.25) is 0 Å². The molecule has 0 unspecified atom stereocenters. The number of hydrogen-bond acceptors (Lipinski definition) is 2. The Hall–Kier alpha value is -0.870. The van der Waals surface area contributed by atoms with Crippen LogP contribution in [0.4, 0.5) is 0 Å². The minimum absolute atomic E-state index is 0.180. The summed E-state index contributed by atoms with van der Waals surface area (Å²) in [6.07, 6.45) is 0. The van der Waals surface area contributed by atoms with E-state index in [-0.39, 0.29) is 5.92 Å². The van der Waals surface area contributed by atoms with Crippen LogP contribution < -0.4 is 5.73 Å². The van der Waals surface area contributed by atoms with Crippen LogP contribution >= 0.6 is 15.9 Å². The summed E-state index contributed by atoms with van der Waals surface area (Å²) in [5, 5.41) is 8.73. The van der Waals surface area contributed by atoms with E-state index in [0.29, 0.717) is 0 Å². The van der Waals surface area contributed by atoms with E-state index in [1.54, 1.807) is 0 Å². The molecule has 0 spiro atoms. The predicted molar refractivity (Wildman–Crippen MR) is 58.2 cm³/mol. The summed E-state index contributed by atoms with van der Waals surface area (Å²) in [5.74, 6) is -1.15. The lowest BCUT2D eigenvalue weighted by molar-refractivity contribution is -0.139. The zero-order valence-corrected chi connectivity index (χ0v) is 9.36. The molecule has 1 rings (SSSR count). The van der Waals surface area contributed by atoms with E-state index >= 15 is 0 Å². The summed E-state index contributed by atoms with van der Waals surface area (Å²) < 4.78 is 0.970. The molecule has 0 radical (unpaired) electrons. The van der Waals surface area contributed by atoms with E-state index < -0.39 is 12.0 Å². The predicted octanol–water partition coefficient (Wildman–Crippen LogP) is 1.96. The standard InChI is InChI=1S/C10H12BrNO2/c1-6(9(12)10(13)14)7-2-4-8(11)5-3-7/h2-6,9H,12H2,1H3,(H,13,14)/t6-,9+/m1/s1. The summed E-state index contributed by atoms with van der Waals surface area (Å²) in [5.41, 5.74) is 6.45. The van der Waals surface area contributed by atoms with Gasteiger partial charge in [0.15, 0.2) is 0 Å². The van der Waals surface area contributed by atoms with Gasteiger partial charge in [0.1, 0.15) is 6.04 Å². The van der Waals surface area contributed by atoms with Gasteiger partial charge in [0.25, 0.3) is 0 Å². The number of hydrogen-bond donors (Lipinski definition) is 2. The van der Waals surface area contributed by atoms with Gasteiger partial charge in [0, 0.05) is 10.4 Å². The maximum Gasteiger partial charge on any atom is 0.321 e. The van der Waals surface area contributed by atoms with Crippen molar-refractivity contribution in [1.82, 2.24) is 0 Å². The van der Waals surface area contributed by atoms with Crippen molar-refractivity contribution in [2.24, 2.45) is 5.73 Å². The Morgan fingerprint density at radius 3 is 2.36 bits per heavy atom. The lowest BCUT2D eigenvalue weighted by atomic mass is 9.94. The molecular formula is C10H12BrNO2. The van der Waals surface area contributed by atoms with Crippen molar-refractivity contribution in [3.05, 3.63) is 34.3 Å². The first-order valence-corrected chi connectivity index (χ1v) is 5.05. The second-order valence-corrected chi connectivity index (χ2v) is 4.12. The second-order valence-electron chi connectivity index (χ2n) is 3.20. The fraction of sp³-hybridized carbons (Fsp3) is 0.300. The molecule has 0 amide bonds. The monoisotopic (exact) mass is 257 g/mol. The maximum atomic E-state index is 10.6. The molecule has 4 heteroatoms. The van der Waals surface area contributed by atoms with Crippen LogP contribution in [-0.4, -0.2) is 17.1 Å². The van der Waals surface area contributed by atoms with E-state index in [1.165, 1.54) is 0 Å². The van der Waals surface area contributed by atoms with Crippen molar-refractivity contribution in [3.63, 3.8) is 0 Å². The van der Waals surface area contributed by atoms with Gasteiger partial charge in [-0.25, -0.2) is 0 Å². The number of aliphatic carboxylic acids is 1. The quantitative estimate of drug-likeness (QED) is 0.871. The third kappa shape index (κ3) is 2.56. The molecule has 3 nitrogen and oxygen atoms in total. The topological polar surface area (TPSA) is 63.3 Å². The number of rotatable bonds is 3. The van der Waals surface area contributed by atoms with Crippen LogP contribution in [0.2, 0.25) is 0 Å². The molecule has 1 aromatic carbocycles. The Morgan fingerprint density at radius 2 is 1.93 bits per heavy atom. The molecule has 0 bridgehead atoms. The number of nitrogens with two attached hydrogens (primary N) is 1. The summed E-state index contributed by atoms with van der Waals surface area (Å²) >= 11 is 3.31. The molecule has 0 aromatic heterocycles. The number of carboxylic acids is 1. The number of carbonyl (C=O) groups is 1. The highest BCUT2D eigenvalue weighted by Crippen LogP contribution is 2.20. The molecule has 2 atom stereocenters. The number of benzene rings is 1. The minimum Gasteiger partial charge on any atom is -0.480 e. The smallest absolute Gasteiger partial charge is 0.321 e. The van der Waals surface area contributed by atoms with Gasteiger partial charge < -0.3 is 10.8 Å². The van der Waals surface area contributed by atoms with Gasteiger partial charge in [0.05, 0.1) is 0 Å². The Morgan fingerprint density at radius 1 is 1.43 bits per heavy atom. The van der Waals surface area contributed by atoms with Crippen LogP contribution in [0.1, 0.15) is 18.4 Å². The lowest BCUT2D eigenvalue weighted by Gasteiger charge is -2.16. The fourth-order valence-electron chi connectivity index (χ4n) is 1.19. The average molecular weight is 258 g/mol. The molecule has 0 fully saturated rings. The average Bonchev–Trinajstić information content (AvgIpc) is 2.16. The third-order valence-corrected chi connectivity index (χ3v) is 2.75. The first-order chi connectivity index (χ1) is 6.52. The van der Waals surface area contributed by atoms with Crippen LogP contribution in [-0.2, 0) is 4.79 Å². The summed E-state index contributed by atoms with van der Waals surface area (Å²) in [4.78, 5) is 10.6. The van der Waals surface area contributed by atoms with E-state index in [9.17, 15) is 4.79 Å². The van der Waals surface area contributed by atoms with Crippen LogP contribution in [0.15, 0.2) is 28.7 Å². The van der Waals surface area contributed by atoms with Crippen molar-refractivity contribution in [1.29, 1.82) is 0 Å². The molecular weight excluding hydrogens is 246 g/mol. The summed E-state index contributed by atoms with van der Waals surface area (Å²) in [7, 11) is 0. The van der Waals surface area contributed by atoms with E-state index in [0.717, 1.165) is 10.0 Å². The van der Waals surface area contributed by atoms with Gasteiger partial charge in [-0.05, 0) is 17.7 Å². The number of carboxylic acid groups (broad SMARTS) is 1. The minimum atomic E-state index is -0.972. The molecule has 0 saturated carbocycles. The fourth-order valence-corrected chi connectivity index (χ4v) is 1.45. The molecule has 0 aliphatic carbocycles. The van der Waals surface area contributed by atoms with E-state index in [2.05, 4.69) is 15.9 Å². The van der Waals surface area contributed by atoms with Crippen LogP contribution in [0.25, 0.3) is 0 Å². The first-order valence-electron chi connectivity index (χ1n) is 4.26. The highest BCUT2D eigenvalue weighted by atomic mass is 79.9. The zero-order valence-electron chi connectivity index (χ0n) is 7.77. The maximum absolute atomic E-state index is 10.6. The van der Waals surface area contributed by atoms with Crippen molar-refractivity contribution < 1.29 is 9.90 Å². The van der Waals surface area contributed by atoms with Crippen molar-refractivity contribution >= 4 is 21.9 Å². The van der Waals surface area contributed by atoms with E-state index in [4.69, 9.17) is 10.8 Å². The third-order valence-electron chi connectivity index (χ3n) is 2.22. The van der Waals surface area contributed by atoms with Crippen LogP contribution in [0.3, 0.4) is 0 Å². The summed E-state index contributed by atoms with van der Waals surface area (Å²) in [6.45, 7) is 1.81. The van der Waals surface area contributed by atoms with Crippen molar-refractivity contribution in [2.45, 2.75) is 18.9 Å². The van der Waals surface area contributed by atoms with Crippen LogP contribution in [0, 0.1) is 0 Å². The van der Waals surface area contributed by atoms with Gasteiger partial charge in [-0.2, -0.15) is 0 Å². The largest absolute Gasteiger partial charge is 0.480 e.